The molecule has 3 atom stereocenters. The van der Waals surface area contributed by atoms with E-state index in [4.69, 9.17) is 14.2 Å². The van der Waals surface area contributed by atoms with Gasteiger partial charge in [-0.3, -0.25) is 4.79 Å². The first-order valence-electron chi connectivity index (χ1n) is 9.18. The molecule has 0 bridgehead atoms. The number of rotatable bonds is 13. The van der Waals surface area contributed by atoms with Crippen LogP contribution in [0.15, 0.2) is 49.6 Å². The van der Waals surface area contributed by atoms with E-state index in [0.717, 1.165) is 30.6 Å². The molecule has 0 saturated carbocycles. The second-order valence-electron chi connectivity index (χ2n) is 6.48. The normalized spacial score (nSPS) is 14.1. The predicted molar refractivity (Wildman–Crippen MR) is 105 cm³/mol. The van der Waals surface area contributed by atoms with Gasteiger partial charge in [0.25, 0.3) is 0 Å². The molecule has 1 rings (SSSR count). The number of unbranched alkanes of at least 4 members (excludes halogenated alkanes) is 1. The smallest absolute Gasteiger partial charge is 0.309 e. The van der Waals surface area contributed by atoms with E-state index in [1.165, 1.54) is 0 Å². The molecule has 0 aliphatic rings. The summed E-state index contributed by atoms with van der Waals surface area (Å²) in [6, 6.07) is 7.72. The number of methoxy groups -OCH3 is 1. The summed E-state index contributed by atoms with van der Waals surface area (Å²) < 4.78 is 16.8. The zero-order chi connectivity index (χ0) is 19.4. The first kappa shape index (κ1) is 22.0. The molecule has 0 aromatic heterocycles. The van der Waals surface area contributed by atoms with E-state index >= 15 is 0 Å². The lowest BCUT2D eigenvalue weighted by Gasteiger charge is -2.25. The largest absolute Gasteiger partial charge is 0.497 e. The molecule has 0 radical (unpaired) electrons. The van der Waals surface area contributed by atoms with Gasteiger partial charge in [-0.25, -0.2) is 0 Å². The van der Waals surface area contributed by atoms with Crippen molar-refractivity contribution in [2.45, 2.75) is 58.3 Å². The molecule has 26 heavy (non-hydrogen) atoms. The molecule has 0 aliphatic carbocycles. The SMILES string of the molecule is C=CCCC[C@H](C)C(=O)O[C@@H](CC=C)[C@H](C)OCc1ccc(OC)cc1. The van der Waals surface area contributed by atoms with E-state index < -0.39 is 0 Å². The molecule has 0 fully saturated rings. The first-order chi connectivity index (χ1) is 12.5. The summed E-state index contributed by atoms with van der Waals surface area (Å²) >= 11 is 0. The molecule has 144 valence electrons. The number of hydrogen-bond acceptors (Lipinski definition) is 4. The number of esters is 1. The Balaban J connectivity index is 2.53. The van der Waals surface area contributed by atoms with Crippen molar-refractivity contribution in [1.82, 2.24) is 0 Å². The average Bonchev–Trinajstić information content (AvgIpc) is 2.66. The molecule has 1 aromatic carbocycles. The van der Waals surface area contributed by atoms with Crippen molar-refractivity contribution in [2.24, 2.45) is 5.92 Å². The van der Waals surface area contributed by atoms with Crippen LogP contribution in [0.3, 0.4) is 0 Å². The zero-order valence-electron chi connectivity index (χ0n) is 16.3. The monoisotopic (exact) mass is 360 g/mol. The van der Waals surface area contributed by atoms with Crippen molar-refractivity contribution >= 4 is 5.97 Å². The van der Waals surface area contributed by atoms with Crippen LogP contribution in [-0.2, 0) is 20.9 Å². The molecule has 4 heteroatoms. The molecule has 0 aliphatic heterocycles. The van der Waals surface area contributed by atoms with Gasteiger partial charge in [0.05, 0.1) is 25.7 Å². The number of carbonyl (C=O) groups excluding carboxylic acids is 1. The van der Waals surface area contributed by atoms with Gasteiger partial charge in [0.15, 0.2) is 0 Å². The summed E-state index contributed by atoms with van der Waals surface area (Å²) in [6.45, 7) is 11.7. The lowest BCUT2D eigenvalue weighted by molar-refractivity contribution is -0.161. The Morgan fingerprint density at radius 2 is 1.85 bits per heavy atom. The molecule has 4 nitrogen and oxygen atoms in total. The van der Waals surface area contributed by atoms with Gasteiger partial charge in [-0.2, -0.15) is 0 Å². The Kier molecular flexibility index (Phi) is 10.4. The van der Waals surface area contributed by atoms with E-state index in [-0.39, 0.29) is 24.1 Å². The van der Waals surface area contributed by atoms with Crippen molar-refractivity contribution in [3.63, 3.8) is 0 Å². The molecular formula is C22H32O4. The van der Waals surface area contributed by atoms with E-state index in [2.05, 4.69) is 13.2 Å². The number of allylic oxidation sites excluding steroid dienone is 1. The van der Waals surface area contributed by atoms with Gasteiger partial charge in [0.2, 0.25) is 0 Å². The highest BCUT2D eigenvalue weighted by atomic mass is 16.6. The third kappa shape index (κ3) is 7.87. The molecule has 1 aromatic rings. The van der Waals surface area contributed by atoms with Crippen LogP contribution in [-0.4, -0.2) is 25.3 Å². The second kappa shape index (κ2) is 12.3. The highest BCUT2D eigenvalue weighted by Crippen LogP contribution is 2.18. The number of ether oxygens (including phenoxy) is 3. The van der Waals surface area contributed by atoms with Gasteiger partial charge >= 0.3 is 5.97 Å². The summed E-state index contributed by atoms with van der Waals surface area (Å²) in [5.41, 5.74) is 1.04. The molecule has 0 unspecified atom stereocenters. The third-order valence-corrected chi connectivity index (χ3v) is 4.31. The fraction of sp³-hybridized carbons (Fsp3) is 0.500. The van der Waals surface area contributed by atoms with Gasteiger partial charge < -0.3 is 14.2 Å². The first-order valence-corrected chi connectivity index (χ1v) is 9.18. The Morgan fingerprint density at radius 1 is 1.15 bits per heavy atom. The maximum Gasteiger partial charge on any atom is 0.309 e. The molecule has 0 N–H and O–H groups in total. The molecule has 0 heterocycles. The maximum atomic E-state index is 12.3. The fourth-order valence-corrected chi connectivity index (χ4v) is 2.51. The minimum atomic E-state index is -0.333. The van der Waals surface area contributed by atoms with E-state index in [9.17, 15) is 4.79 Å². The summed E-state index contributed by atoms with van der Waals surface area (Å²) in [6.07, 6.45) is 6.28. The van der Waals surface area contributed by atoms with Crippen molar-refractivity contribution < 1.29 is 19.0 Å². The maximum absolute atomic E-state index is 12.3. The van der Waals surface area contributed by atoms with Gasteiger partial charge in [-0.15, -0.1) is 13.2 Å². The topological polar surface area (TPSA) is 44.8 Å². The molecule has 0 amide bonds. The quantitative estimate of drug-likeness (QED) is 0.279. The third-order valence-electron chi connectivity index (χ3n) is 4.31. The number of benzene rings is 1. The lowest BCUT2D eigenvalue weighted by Crippen LogP contribution is -2.33. The van der Waals surface area contributed by atoms with Crippen molar-refractivity contribution in [3.05, 3.63) is 55.1 Å². The van der Waals surface area contributed by atoms with Gasteiger partial charge in [0, 0.05) is 6.42 Å². The second-order valence-corrected chi connectivity index (χ2v) is 6.48. The van der Waals surface area contributed by atoms with Crippen LogP contribution in [0.4, 0.5) is 0 Å². The van der Waals surface area contributed by atoms with Gasteiger partial charge in [-0.1, -0.05) is 31.2 Å². The highest BCUT2D eigenvalue weighted by molar-refractivity contribution is 5.72. The Morgan fingerprint density at radius 3 is 2.42 bits per heavy atom. The molecular weight excluding hydrogens is 328 g/mol. The number of carbonyl (C=O) groups is 1. The minimum Gasteiger partial charge on any atom is -0.497 e. The van der Waals surface area contributed by atoms with Crippen LogP contribution < -0.4 is 4.74 Å². The van der Waals surface area contributed by atoms with Crippen molar-refractivity contribution in [2.75, 3.05) is 7.11 Å². The van der Waals surface area contributed by atoms with Gasteiger partial charge in [-0.05, 0) is 43.9 Å². The average molecular weight is 360 g/mol. The van der Waals surface area contributed by atoms with Gasteiger partial charge in [0.1, 0.15) is 11.9 Å². The van der Waals surface area contributed by atoms with Crippen LogP contribution in [0, 0.1) is 5.92 Å². The van der Waals surface area contributed by atoms with E-state index in [0.29, 0.717) is 13.0 Å². The van der Waals surface area contributed by atoms with Crippen molar-refractivity contribution in [1.29, 1.82) is 0 Å². The Labute approximate surface area is 157 Å². The lowest BCUT2D eigenvalue weighted by atomic mass is 10.0. The van der Waals surface area contributed by atoms with E-state index in [1.54, 1.807) is 13.2 Å². The summed E-state index contributed by atoms with van der Waals surface area (Å²) in [7, 11) is 1.64. The summed E-state index contributed by atoms with van der Waals surface area (Å²) in [5.74, 6) is 0.502. The van der Waals surface area contributed by atoms with Crippen LogP contribution >= 0.6 is 0 Å². The minimum absolute atomic E-state index is 0.129. The van der Waals surface area contributed by atoms with Crippen LogP contribution in [0.5, 0.6) is 5.75 Å². The summed E-state index contributed by atoms with van der Waals surface area (Å²) in [4.78, 5) is 12.3. The summed E-state index contributed by atoms with van der Waals surface area (Å²) in [5, 5.41) is 0. The predicted octanol–water partition coefficient (Wildman–Crippen LogP) is 5.08. The van der Waals surface area contributed by atoms with Crippen LogP contribution in [0.2, 0.25) is 0 Å². The standard InChI is InChI=1S/C22H32O4/c1-6-8-9-11-17(3)22(23)26-21(10-7-2)18(4)25-16-19-12-14-20(24-5)15-13-19/h6-7,12-15,17-18,21H,1-2,8-11,16H2,3-5H3/t17-,18-,21-/m0/s1. The molecule has 0 spiro atoms. The fourth-order valence-electron chi connectivity index (χ4n) is 2.51. The van der Waals surface area contributed by atoms with Crippen LogP contribution in [0.25, 0.3) is 0 Å². The zero-order valence-corrected chi connectivity index (χ0v) is 16.3. The van der Waals surface area contributed by atoms with Crippen LogP contribution in [0.1, 0.15) is 45.1 Å². The highest BCUT2D eigenvalue weighted by Gasteiger charge is 2.24. The Hall–Kier alpha value is -2.07. The van der Waals surface area contributed by atoms with Crippen molar-refractivity contribution in [3.8, 4) is 5.75 Å². The van der Waals surface area contributed by atoms with E-state index in [1.807, 2.05) is 44.2 Å². The Bertz CT molecular complexity index is 550. The number of hydrogen-bond donors (Lipinski definition) is 0. The molecule has 0 saturated heterocycles.